The number of unbranched alkanes of at least 4 members (excludes halogenated alkanes) is 1. The van der Waals surface area contributed by atoms with Gasteiger partial charge in [0.05, 0.1) is 27.0 Å². The number of carboxylic acid groups (broad SMARTS) is 1. The number of alkyl halides is 2. The molecule has 1 unspecified atom stereocenters. The Labute approximate surface area is 223 Å². The van der Waals surface area contributed by atoms with Gasteiger partial charge in [-0.3, -0.25) is 9.11 Å². The van der Waals surface area contributed by atoms with Crippen LogP contribution in [0.3, 0.4) is 0 Å². The van der Waals surface area contributed by atoms with Crippen molar-refractivity contribution < 1.29 is 32.5 Å². The summed E-state index contributed by atoms with van der Waals surface area (Å²) in [7, 11) is -4.61. The van der Waals surface area contributed by atoms with E-state index in [9.17, 15) is 19.0 Å². The number of rotatable bonds is 8. The molecule has 6 nitrogen and oxygen atoms in total. The van der Waals surface area contributed by atoms with Crippen LogP contribution in [0, 0.1) is 11.3 Å². The van der Waals surface area contributed by atoms with Gasteiger partial charge in [0.15, 0.2) is 0 Å². The first-order valence-corrected chi connectivity index (χ1v) is 14.8. The highest BCUT2D eigenvalue weighted by Crippen LogP contribution is 2.69. The van der Waals surface area contributed by atoms with Crippen LogP contribution >= 0.6 is 22.4 Å². The van der Waals surface area contributed by atoms with Crippen molar-refractivity contribution in [3.63, 3.8) is 0 Å². The van der Waals surface area contributed by atoms with E-state index in [2.05, 4.69) is 0 Å². The summed E-state index contributed by atoms with van der Waals surface area (Å²) in [5.41, 5.74) is 0.153. The Kier molecular flexibility index (Phi) is 8.89. The number of carbonyl (C=O) groups is 1. The number of hydrogen-bond donors (Lipinski definition) is 3. The minimum atomic E-state index is -4.61. The molecule has 0 fully saturated rings. The summed E-state index contributed by atoms with van der Waals surface area (Å²) in [5.74, 6) is -2.39. The number of fused-ring (bicyclic) bond motifs is 1. The third kappa shape index (κ3) is 5.92. The molecule has 10 heteroatoms. The Morgan fingerprint density at radius 1 is 1.24 bits per heavy atom. The summed E-state index contributed by atoms with van der Waals surface area (Å²) in [5, 5.41) is 5.83. The third-order valence-electron chi connectivity index (χ3n) is 6.42. The van der Waals surface area contributed by atoms with Crippen LogP contribution in [0.15, 0.2) is 64.1 Å². The molecular formula is C27H35F2NO5S2. The maximum Gasteiger partial charge on any atom is 0.346 e. The normalized spacial score (nSPS) is 20.1. The van der Waals surface area contributed by atoms with E-state index >= 15 is 8.78 Å². The van der Waals surface area contributed by atoms with E-state index in [1.807, 2.05) is 13.0 Å². The molecule has 0 saturated carbocycles. The zero-order chi connectivity index (χ0) is 27.6. The second-order valence-electron chi connectivity index (χ2n) is 10.1. The molecular weight excluding hydrogens is 520 g/mol. The summed E-state index contributed by atoms with van der Waals surface area (Å²) in [4.78, 5) is 13.7. The molecule has 1 aliphatic heterocycles. The molecule has 0 radical (unpaired) electrons. The zero-order valence-corrected chi connectivity index (χ0v) is 23.3. The monoisotopic (exact) mass is 555 g/mol. The number of aliphatic carboxylic acids is 1. The number of halogens is 2. The summed E-state index contributed by atoms with van der Waals surface area (Å²) >= 11 is 1.28. The van der Waals surface area contributed by atoms with Crippen LogP contribution in [0.1, 0.15) is 47.0 Å². The van der Waals surface area contributed by atoms with Crippen molar-refractivity contribution in [2.45, 2.75) is 62.0 Å². The molecule has 1 atom stereocenters. The van der Waals surface area contributed by atoms with Crippen molar-refractivity contribution in [1.82, 2.24) is 0 Å². The predicted octanol–water partition coefficient (Wildman–Crippen LogP) is 8.46. The van der Waals surface area contributed by atoms with Crippen molar-refractivity contribution in [2.24, 2.45) is 11.3 Å². The van der Waals surface area contributed by atoms with Crippen molar-refractivity contribution >= 4 is 39.7 Å². The Balaban J connectivity index is 2.25. The van der Waals surface area contributed by atoms with E-state index in [0.717, 1.165) is 6.26 Å². The van der Waals surface area contributed by atoms with Crippen molar-refractivity contribution in [1.29, 1.82) is 0 Å². The quantitative estimate of drug-likeness (QED) is 0.171. The van der Waals surface area contributed by atoms with Crippen LogP contribution < -0.4 is 9.64 Å². The maximum atomic E-state index is 15.9. The number of ether oxygens (including phenoxy) is 1. The second kappa shape index (κ2) is 11.2. The van der Waals surface area contributed by atoms with Gasteiger partial charge < -0.3 is 14.7 Å². The molecule has 2 aromatic rings. The Morgan fingerprint density at radius 2 is 1.89 bits per heavy atom. The maximum absolute atomic E-state index is 15.9. The van der Waals surface area contributed by atoms with Gasteiger partial charge in [0.2, 0.25) is 0 Å². The zero-order valence-electron chi connectivity index (χ0n) is 21.7. The van der Waals surface area contributed by atoms with Gasteiger partial charge in [-0.05, 0) is 36.3 Å². The van der Waals surface area contributed by atoms with Crippen LogP contribution in [-0.2, 0) is 4.79 Å². The van der Waals surface area contributed by atoms with Gasteiger partial charge in [0.1, 0.15) is 12.0 Å². The average molecular weight is 556 g/mol. The van der Waals surface area contributed by atoms with E-state index < -0.39 is 33.1 Å². The fourth-order valence-electron chi connectivity index (χ4n) is 4.26. The first-order valence-electron chi connectivity index (χ1n) is 12.1. The SMILES string of the molecule is CCCCC1CN(c2ccccc2)c2cc(SC)c(O/C=C(/C(=O)O)C(C)(C)C)cc2S(O)(O)C1(F)F. The van der Waals surface area contributed by atoms with Gasteiger partial charge in [0, 0.05) is 18.3 Å². The van der Waals surface area contributed by atoms with Crippen molar-refractivity contribution in [3.05, 3.63) is 54.3 Å². The van der Waals surface area contributed by atoms with Crippen LogP contribution in [0.2, 0.25) is 0 Å². The summed E-state index contributed by atoms with van der Waals surface area (Å²) in [6, 6.07) is 11.9. The van der Waals surface area contributed by atoms with E-state index in [0.29, 0.717) is 23.4 Å². The molecule has 204 valence electrons. The lowest BCUT2D eigenvalue weighted by molar-refractivity contribution is -0.133. The molecule has 2 aromatic carbocycles. The molecule has 37 heavy (non-hydrogen) atoms. The summed E-state index contributed by atoms with van der Waals surface area (Å²) in [6.45, 7) is 6.96. The van der Waals surface area contributed by atoms with E-state index in [-0.39, 0.29) is 34.9 Å². The molecule has 0 spiro atoms. The summed E-state index contributed by atoms with van der Waals surface area (Å²) < 4.78 is 59.8. The molecule has 1 aliphatic rings. The highest BCUT2D eigenvalue weighted by Gasteiger charge is 2.55. The Bertz CT molecular complexity index is 1150. The number of benzene rings is 2. The van der Waals surface area contributed by atoms with E-state index in [1.54, 1.807) is 62.3 Å². The van der Waals surface area contributed by atoms with Crippen molar-refractivity contribution in [2.75, 3.05) is 17.7 Å². The molecule has 0 aliphatic carbocycles. The van der Waals surface area contributed by atoms with Gasteiger partial charge >= 0.3 is 11.2 Å². The average Bonchev–Trinajstić information content (AvgIpc) is 2.88. The number of anilines is 2. The first-order chi connectivity index (χ1) is 17.3. The first kappa shape index (κ1) is 29.3. The molecule has 3 N–H and O–H groups in total. The summed E-state index contributed by atoms with van der Waals surface area (Å²) in [6.07, 6.45) is 4.22. The van der Waals surface area contributed by atoms with Crippen LogP contribution in [0.4, 0.5) is 20.2 Å². The molecule has 3 rings (SSSR count). The second-order valence-corrected chi connectivity index (χ2v) is 13.0. The van der Waals surface area contributed by atoms with E-state index in [4.69, 9.17) is 4.74 Å². The van der Waals surface area contributed by atoms with Gasteiger partial charge in [-0.1, -0.05) is 58.7 Å². The Morgan fingerprint density at radius 3 is 2.43 bits per heavy atom. The fraction of sp³-hybridized carbons (Fsp3) is 0.444. The smallest absolute Gasteiger partial charge is 0.346 e. The van der Waals surface area contributed by atoms with Gasteiger partial charge in [0.25, 0.3) is 0 Å². The third-order valence-corrected chi connectivity index (χ3v) is 9.21. The van der Waals surface area contributed by atoms with Crippen LogP contribution in [-0.4, -0.2) is 38.2 Å². The van der Waals surface area contributed by atoms with Crippen LogP contribution in [0.5, 0.6) is 5.75 Å². The number of carboxylic acids is 1. The van der Waals surface area contributed by atoms with Crippen LogP contribution in [0.25, 0.3) is 0 Å². The molecule has 0 saturated heterocycles. The van der Waals surface area contributed by atoms with Gasteiger partial charge in [-0.15, -0.1) is 22.4 Å². The lowest BCUT2D eigenvalue weighted by atomic mass is 9.87. The molecule has 0 aromatic heterocycles. The largest absolute Gasteiger partial charge is 0.478 e. The highest BCUT2D eigenvalue weighted by molar-refractivity contribution is 8.25. The fourth-order valence-corrected chi connectivity index (χ4v) is 6.48. The molecule has 1 heterocycles. The standard InChI is InChI=1S/C27H35F2NO5S2/c1-6-7-11-18-16-30(19-12-9-8-10-13-19)21-14-23(36-5)22(15-24(21)37(33,34)27(18,28)29)35-17-20(25(31)32)26(2,3)4/h8-10,12-15,17-18,33-34H,6-7,11,16H2,1-5H3,(H,31,32)/b20-17-. The Hall–Kier alpha value is -2.27. The lowest BCUT2D eigenvalue weighted by Gasteiger charge is -2.41. The number of hydrogen-bond acceptors (Lipinski definition) is 6. The van der Waals surface area contributed by atoms with Gasteiger partial charge in [-0.2, -0.15) is 8.78 Å². The number of nitrogens with zero attached hydrogens (tertiary/aromatic N) is 1. The molecule has 0 amide bonds. The van der Waals surface area contributed by atoms with Crippen molar-refractivity contribution in [3.8, 4) is 5.75 Å². The minimum Gasteiger partial charge on any atom is -0.478 e. The highest BCUT2D eigenvalue weighted by atomic mass is 32.3. The number of para-hydroxylation sites is 1. The minimum absolute atomic E-state index is 0.0167. The predicted molar refractivity (Wildman–Crippen MR) is 147 cm³/mol. The number of thioether (sulfide) groups is 1. The van der Waals surface area contributed by atoms with E-state index in [1.165, 1.54) is 17.8 Å². The molecule has 0 bridgehead atoms. The lowest BCUT2D eigenvalue weighted by Crippen LogP contribution is -2.38. The van der Waals surface area contributed by atoms with Gasteiger partial charge in [-0.25, -0.2) is 4.79 Å². The topological polar surface area (TPSA) is 90.2 Å².